The SMILES string of the molecule is Cc1nc(CNC(=O)C2CC3CCCC(C2)C3N)oc1-c1ccc(Cl)cc1.Cl. The summed E-state index contributed by atoms with van der Waals surface area (Å²) in [4.78, 5) is 17.1. The maximum atomic E-state index is 12.7. The van der Waals surface area contributed by atoms with Crippen molar-refractivity contribution in [3.05, 3.63) is 40.9 Å². The van der Waals surface area contributed by atoms with E-state index in [1.165, 1.54) is 6.42 Å². The molecule has 0 aliphatic heterocycles. The lowest BCUT2D eigenvalue weighted by Crippen LogP contribution is -2.49. The Balaban J connectivity index is 0.00000225. The van der Waals surface area contributed by atoms with E-state index < -0.39 is 0 Å². The van der Waals surface area contributed by atoms with Gasteiger partial charge < -0.3 is 15.5 Å². The lowest BCUT2D eigenvalue weighted by atomic mass is 9.65. The molecule has 2 aliphatic rings. The third kappa shape index (κ3) is 4.37. The Morgan fingerprint density at radius 1 is 1.25 bits per heavy atom. The molecule has 152 valence electrons. The first kappa shape index (κ1) is 21.2. The summed E-state index contributed by atoms with van der Waals surface area (Å²) in [5.74, 6) is 2.39. The smallest absolute Gasteiger partial charge is 0.223 e. The summed E-state index contributed by atoms with van der Waals surface area (Å²) in [6, 6.07) is 7.74. The Bertz CT molecular complexity index is 808. The number of rotatable bonds is 4. The van der Waals surface area contributed by atoms with Crippen molar-refractivity contribution in [2.45, 2.75) is 51.6 Å². The molecule has 1 aromatic carbocycles. The van der Waals surface area contributed by atoms with Crippen LogP contribution in [0.4, 0.5) is 0 Å². The minimum atomic E-state index is 0. The summed E-state index contributed by atoms with van der Waals surface area (Å²) >= 11 is 5.95. The molecule has 2 aliphatic carbocycles. The highest BCUT2D eigenvalue weighted by atomic mass is 35.5. The molecule has 3 N–H and O–H groups in total. The van der Waals surface area contributed by atoms with Gasteiger partial charge in [0, 0.05) is 22.5 Å². The van der Waals surface area contributed by atoms with Gasteiger partial charge in [0.1, 0.15) is 0 Å². The van der Waals surface area contributed by atoms with Crippen molar-refractivity contribution in [1.29, 1.82) is 0 Å². The van der Waals surface area contributed by atoms with Gasteiger partial charge in [0.05, 0.1) is 12.2 Å². The maximum Gasteiger partial charge on any atom is 0.223 e. The van der Waals surface area contributed by atoms with Crippen molar-refractivity contribution in [3.8, 4) is 11.3 Å². The fraction of sp³-hybridized carbons (Fsp3) is 0.524. The van der Waals surface area contributed by atoms with Gasteiger partial charge in [-0.1, -0.05) is 18.0 Å². The largest absolute Gasteiger partial charge is 0.438 e. The molecule has 0 radical (unpaired) electrons. The van der Waals surface area contributed by atoms with Crippen molar-refractivity contribution in [3.63, 3.8) is 0 Å². The fourth-order valence-corrected chi connectivity index (χ4v) is 4.83. The molecule has 28 heavy (non-hydrogen) atoms. The van der Waals surface area contributed by atoms with Gasteiger partial charge in [0.25, 0.3) is 0 Å². The number of aryl methyl sites for hydroxylation is 1. The highest BCUT2D eigenvalue weighted by molar-refractivity contribution is 6.30. The van der Waals surface area contributed by atoms with Crippen molar-refractivity contribution < 1.29 is 9.21 Å². The number of carbonyl (C=O) groups is 1. The van der Waals surface area contributed by atoms with Crippen LogP contribution in [0.25, 0.3) is 11.3 Å². The minimum absolute atomic E-state index is 0. The molecule has 0 spiro atoms. The normalized spacial score (nSPS) is 26.4. The zero-order chi connectivity index (χ0) is 19.0. The van der Waals surface area contributed by atoms with Gasteiger partial charge in [-0.2, -0.15) is 0 Å². The number of nitrogens with two attached hydrogens (primary N) is 1. The molecule has 2 unspecified atom stereocenters. The zero-order valence-corrected chi connectivity index (χ0v) is 17.6. The quantitative estimate of drug-likeness (QED) is 0.758. The van der Waals surface area contributed by atoms with E-state index in [4.69, 9.17) is 21.8 Å². The zero-order valence-electron chi connectivity index (χ0n) is 16.0. The van der Waals surface area contributed by atoms with Crippen LogP contribution in [0, 0.1) is 24.7 Å². The lowest BCUT2D eigenvalue weighted by Gasteiger charge is -2.43. The summed E-state index contributed by atoms with van der Waals surface area (Å²) < 4.78 is 5.88. The first-order valence-corrected chi connectivity index (χ1v) is 10.1. The molecule has 1 heterocycles. The Morgan fingerprint density at radius 3 is 2.54 bits per heavy atom. The number of nitrogens with zero attached hydrogens (tertiary/aromatic N) is 1. The molecule has 2 aromatic rings. The Labute approximate surface area is 176 Å². The van der Waals surface area contributed by atoms with Crippen LogP contribution in [0.3, 0.4) is 0 Å². The van der Waals surface area contributed by atoms with E-state index in [0.29, 0.717) is 35.1 Å². The molecule has 7 heteroatoms. The minimum Gasteiger partial charge on any atom is -0.438 e. The van der Waals surface area contributed by atoms with E-state index in [1.807, 2.05) is 31.2 Å². The predicted molar refractivity (Wildman–Crippen MR) is 112 cm³/mol. The van der Waals surface area contributed by atoms with Crippen LogP contribution in [-0.4, -0.2) is 16.9 Å². The number of halogens is 2. The van der Waals surface area contributed by atoms with Crippen LogP contribution in [0.15, 0.2) is 28.7 Å². The lowest BCUT2D eigenvalue weighted by molar-refractivity contribution is -0.128. The van der Waals surface area contributed by atoms with Crippen molar-refractivity contribution in [1.82, 2.24) is 10.3 Å². The van der Waals surface area contributed by atoms with E-state index in [1.54, 1.807) is 0 Å². The average molecular weight is 424 g/mol. The van der Waals surface area contributed by atoms with E-state index >= 15 is 0 Å². The van der Waals surface area contributed by atoms with Crippen molar-refractivity contribution in [2.75, 3.05) is 0 Å². The number of aromatic nitrogens is 1. The van der Waals surface area contributed by atoms with Gasteiger partial charge in [-0.15, -0.1) is 12.4 Å². The first-order valence-electron chi connectivity index (χ1n) is 9.77. The Kier molecular flexibility index (Phi) is 6.69. The number of amides is 1. The third-order valence-electron chi connectivity index (χ3n) is 6.14. The van der Waals surface area contributed by atoms with Crippen molar-refractivity contribution >= 4 is 29.9 Å². The van der Waals surface area contributed by atoms with Gasteiger partial charge in [0.15, 0.2) is 5.76 Å². The molecule has 5 nitrogen and oxygen atoms in total. The van der Waals surface area contributed by atoms with Crippen LogP contribution in [0.1, 0.15) is 43.7 Å². The molecular weight excluding hydrogens is 397 g/mol. The summed E-state index contributed by atoms with van der Waals surface area (Å²) in [7, 11) is 0. The van der Waals surface area contributed by atoms with Crippen LogP contribution in [0.5, 0.6) is 0 Å². The number of fused-ring (bicyclic) bond motifs is 2. The van der Waals surface area contributed by atoms with Crippen molar-refractivity contribution in [2.24, 2.45) is 23.5 Å². The second-order valence-corrected chi connectivity index (χ2v) is 8.38. The standard InChI is InChI=1S/C21H26ClN3O2.ClH/c1-12-20(13-5-7-17(22)8-6-13)27-18(25-12)11-24-21(26)16-9-14-3-2-4-15(10-16)19(14)23;/h5-8,14-16,19H,2-4,9-11,23H2,1H3,(H,24,26);1H. The van der Waals surface area contributed by atoms with E-state index in [2.05, 4.69) is 10.3 Å². The second-order valence-electron chi connectivity index (χ2n) is 7.94. The van der Waals surface area contributed by atoms with E-state index in [0.717, 1.165) is 36.9 Å². The number of carbonyl (C=O) groups excluding carboxylic acids is 1. The van der Waals surface area contributed by atoms with Crippen LogP contribution in [0.2, 0.25) is 5.02 Å². The highest BCUT2D eigenvalue weighted by Crippen LogP contribution is 2.41. The number of nitrogens with one attached hydrogen (secondary N) is 1. The molecule has 1 amide bonds. The molecule has 0 saturated heterocycles. The summed E-state index contributed by atoms with van der Waals surface area (Å²) in [5.41, 5.74) is 8.06. The fourth-order valence-electron chi connectivity index (χ4n) is 4.71. The van der Waals surface area contributed by atoms with Crippen LogP contribution >= 0.6 is 24.0 Å². The molecule has 2 atom stereocenters. The molecular formula is C21H27Cl2N3O2. The third-order valence-corrected chi connectivity index (χ3v) is 6.40. The molecule has 2 saturated carbocycles. The second kappa shape index (κ2) is 8.85. The highest BCUT2D eigenvalue weighted by Gasteiger charge is 2.40. The monoisotopic (exact) mass is 423 g/mol. The number of hydrogen-bond acceptors (Lipinski definition) is 4. The number of oxazole rings is 1. The summed E-state index contributed by atoms with van der Waals surface area (Å²) in [6.45, 7) is 2.22. The van der Waals surface area contributed by atoms with Gasteiger partial charge in [0.2, 0.25) is 11.8 Å². The average Bonchev–Trinajstić information content (AvgIpc) is 3.01. The van der Waals surface area contributed by atoms with Crippen LogP contribution < -0.4 is 11.1 Å². The molecule has 2 fully saturated rings. The summed E-state index contributed by atoms with van der Waals surface area (Å²) in [5, 5.41) is 3.70. The Hall–Kier alpha value is -1.56. The molecule has 4 rings (SSSR count). The van der Waals surface area contributed by atoms with Gasteiger partial charge in [-0.25, -0.2) is 4.98 Å². The first-order chi connectivity index (χ1) is 13.0. The molecule has 1 aromatic heterocycles. The Morgan fingerprint density at radius 2 is 1.89 bits per heavy atom. The topological polar surface area (TPSA) is 81.2 Å². The number of benzene rings is 1. The summed E-state index contributed by atoms with van der Waals surface area (Å²) in [6.07, 6.45) is 5.38. The van der Waals surface area contributed by atoms with E-state index in [-0.39, 0.29) is 30.3 Å². The van der Waals surface area contributed by atoms with Gasteiger partial charge in [-0.3, -0.25) is 4.79 Å². The van der Waals surface area contributed by atoms with Gasteiger partial charge in [-0.05, 0) is 68.7 Å². The number of hydrogen-bond donors (Lipinski definition) is 2. The predicted octanol–water partition coefficient (Wildman–Crippen LogP) is 4.50. The van der Waals surface area contributed by atoms with Crippen LogP contribution in [-0.2, 0) is 11.3 Å². The maximum absolute atomic E-state index is 12.7. The van der Waals surface area contributed by atoms with E-state index in [9.17, 15) is 4.79 Å². The molecule has 2 bridgehead atoms. The van der Waals surface area contributed by atoms with Gasteiger partial charge >= 0.3 is 0 Å².